The number of hydrogen-bond donors (Lipinski definition) is 4. The van der Waals surface area contributed by atoms with Gasteiger partial charge < -0.3 is 25.6 Å². The van der Waals surface area contributed by atoms with Gasteiger partial charge in [0.1, 0.15) is 17.7 Å². The zero-order valence-corrected chi connectivity index (χ0v) is 30.5. The molecule has 14 heteroatoms. The predicted octanol–water partition coefficient (Wildman–Crippen LogP) is 3.59. The second-order valence-electron chi connectivity index (χ2n) is 15.3. The third kappa shape index (κ3) is 8.95. The van der Waals surface area contributed by atoms with Gasteiger partial charge in [0.25, 0.3) is 5.91 Å². The van der Waals surface area contributed by atoms with E-state index >= 15 is 0 Å². The van der Waals surface area contributed by atoms with Gasteiger partial charge in [-0.25, -0.2) is 4.98 Å². The Morgan fingerprint density at radius 2 is 1.84 bits per heavy atom. The summed E-state index contributed by atoms with van der Waals surface area (Å²) < 4.78 is 5.44. The fourth-order valence-electron chi connectivity index (χ4n) is 7.09. The van der Waals surface area contributed by atoms with Crippen molar-refractivity contribution >= 4 is 46.7 Å². The number of ether oxygens (including phenoxy) is 1. The summed E-state index contributed by atoms with van der Waals surface area (Å²) in [6.45, 7) is 7.44. The lowest BCUT2D eigenvalue weighted by Gasteiger charge is -2.36. The number of likely N-dealkylation sites (tertiary alicyclic amines) is 1. The number of aromatic nitrogens is 1. The maximum atomic E-state index is 14.6. The average molecular weight is 715 g/mol. The largest absolute Gasteiger partial charge is 0.481 e. The molecule has 5 rings (SSSR count). The van der Waals surface area contributed by atoms with E-state index in [0.29, 0.717) is 35.0 Å². The Morgan fingerprint density at radius 3 is 2.48 bits per heavy atom. The lowest BCUT2D eigenvalue weighted by Crippen LogP contribution is -2.59. The van der Waals surface area contributed by atoms with Crippen LogP contribution < -0.4 is 26.2 Å². The van der Waals surface area contributed by atoms with Crippen molar-refractivity contribution in [2.45, 2.75) is 128 Å². The van der Waals surface area contributed by atoms with Gasteiger partial charge in [0.05, 0.1) is 36.0 Å². The molecule has 274 valence electrons. The molecule has 0 bridgehead atoms. The van der Waals surface area contributed by atoms with E-state index in [1.54, 1.807) is 12.1 Å². The quantitative estimate of drug-likeness (QED) is 0.223. The molecule has 4 aliphatic rings. The highest BCUT2D eigenvalue weighted by atomic mass is 35.5. The molecular formula is C36H51ClN6O7. The molecule has 3 fully saturated rings. The lowest BCUT2D eigenvalue weighted by atomic mass is 9.84. The standard InChI is InChI=1S/C36H51ClN6O7/c1-6-10-25(29(45)32(47)39-23-13-14-23)40-31(46)27-18-36(17-26(42-50-36)24-16-22(37)19-38-33(24)49-5)20-43(27)34(48)30(35(2,3)4)41-28(44)15-21-11-8-7-9-12-21/h16-17,19,21,23,25,27,30,42H,6-15,18,20H2,1-5H3,(H,39,47)(H,40,46)(H,41,44)/t25-,27-,30+,36+/m0/s1. The Morgan fingerprint density at radius 1 is 1.12 bits per heavy atom. The first-order chi connectivity index (χ1) is 23.7. The van der Waals surface area contributed by atoms with Crippen LogP contribution in [0.5, 0.6) is 5.88 Å². The minimum atomic E-state index is -1.16. The van der Waals surface area contributed by atoms with E-state index < -0.39 is 52.6 Å². The van der Waals surface area contributed by atoms with Crippen LogP contribution in [0.15, 0.2) is 18.3 Å². The first kappa shape index (κ1) is 37.5. The van der Waals surface area contributed by atoms with E-state index in [9.17, 15) is 24.0 Å². The van der Waals surface area contributed by atoms with Crippen molar-refractivity contribution in [1.82, 2.24) is 31.3 Å². The Kier molecular flexibility index (Phi) is 11.8. The Labute approximate surface area is 299 Å². The van der Waals surface area contributed by atoms with Gasteiger partial charge in [0.2, 0.25) is 29.4 Å². The van der Waals surface area contributed by atoms with Crippen molar-refractivity contribution < 1.29 is 33.5 Å². The Balaban J connectivity index is 1.43. The van der Waals surface area contributed by atoms with Crippen molar-refractivity contribution in [1.29, 1.82) is 0 Å². The molecule has 2 aliphatic heterocycles. The minimum absolute atomic E-state index is 0.0174. The van der Waals surface area contributed by atoms with Crippen molar-refractivity contribution in [3.63, 3.8) is 0 Å². The summed E-state index contributed by atoms with van der Waals surface area (Å²) >= 11 is 6.26. The first-order valence-electron chi connectivity index (χ1n) is 17.8. The van der Waals surface area contributed by atoms with E-state index in [0.717, 1.165) is 38.5 Å². The monoisotopic (exact) mass is 714 g/mol. The number of ketones is 1. The van der Waals surface area contributed by atoms with E-state index in [1.165, 1.54) is 24.6 Å². The van der Waals surface area contributed by atoms with Crippen LogP contribution in [0.1, 0.15) is 104 Å². The van der Waals surface area contributed by atoms with E-state index in [4.69, 9.17) is 21.2 Å². The molecule has 1 saturated heterocycles. The van der Waals surface area contributed by atoms with E-state index in [1.807, 2.05) is 27.7 Å². The Bertz CT molecular complexity index is 1500. The molecule has 2 saturated carbocycles. The topological polar surface area (TPSA) is 168 Å². The van der Waals surface area contributed by atoms with Gasteiger partial charge in [-0.15, -0.1) is 0 Å². The summed E-state index contributed by atoms with van der Waals surface area (Å²) in [6.07, 6.45) is 11.4. The number of amides is 4. The second-order valence-corrected chi connectivity index (χ2v) is 15.7. The maximum Gasteiger partial charge on any atom is 0.289 e. The van der Waals surface area contributed by atoms with E-state index in [2.05, 4.69) is 26.4 Å². The van der Waals surface area contributed by atoms with Crippen molar-refractivity contribution in [2.24, 2.45) is 11.3 Å². The van der Waals surface area contributed by atoms with E-state index in [-0.39, 0.29) is 37.3 Å². The summed E-state index contributed by atoms with van der Waals surface area (Å²) in [5.41, 5.74) is 2.08. The third-order valence-electron chi connectivity index (χ3n) is 9.98. The van der Waals surface area contributed by atoms with Crippen LogP contribution in [-0.2, 0) is 28.8 Å². The highest BCUT2D eigenvalue weighted by molar-refractivity contribution is 6.38. The fourth-order valence-corrected chi connectivity index (χ4v) is 7.25. The summed E-state index contributed by atoms with van der Waals surface area (Å²) in [4.78, 5) is 79.9. The highest BCUT2D eigenvalue weighted by Gasteiger charge is 2.54. The first-order valence-corrected chi connectivity index (χ1v) is 18.2. The molecule has 50 heavy (non-hydrogen) atoms. The molecule has 0 aromatic carbocycles. The molecule has 13 nitrogen and oxygen atoms in total. The maximum absolute atomic E-state index is 14.6. The number of Topliss-reactive ketones (excluding diaryl/α,β-unsaturated/α-hetero) is 1. The molecule has 2 aliphatic carbocycles. The summed E-state index contributed by atoms with van der Waals surface area (Å²) in [5.74, 6) is -2.10. The SMILES string of the molecule is CCC[C@H](NC(=O)[C@@H]1C[C@]2(C=C(c3cc(Cl)cnc3OC)NO2)CN1C(=O)[C@@H](NC(=O)CC1CCCCC1)C(C)(C)C)C(=O)C(=O)NC1CC1. The highest BCUT2D eigenvalue weighted by Crippen LogP contribution is 2.40. The number of hydrogen-bond acceptors (Lipinski definition) is 9. The molecule has 1 aromatic rings. The molecule has 0 unspecified atom stereocenters. The van der Waals surface area contributed by atoms with Crippen LogP contribution >= 0.6 is 11.6 Å². The number of nitrogens with one attached hydrogen (secondary N) is 4. The van der Waals surface area contributed by atoms with Gasteiger partial charge in [-0.1, -0.05) is 65.0 Å². The fraction of sp³-hybridized carbons (Fsp3) is 0.667. The van der Waals surface area contributed by atoms with Crippen LogP contribution in [0, 0.1) is 11.3 Å². The molecule has 3 heterocycles. The molecule has 4 atom stereocenters. The zero-order chi connectivity index (χ0) is 36.2. The third-order valence-corrected chi connectivity index (χ3v) is 10.2. The minimum Gasteiger partial charge on any atom is -0.481 e. The molecule has 4 amide bonds. The number of carbonyl (C=O) groups is 5. The molecule has 1 spiro atoms. The number of hydroxylamine groups is 1. The van der Waals surface area contributed by atoms with Crippen LogP contribution in [0.2, 0.25) is 5.02 Å². The number of halogens is 1. The molecule has 4 N–H and O–H groups in total. The van der Waals surface area contributed by atoms with Crippen LogP contribution in [0.4, 0.5) is 0 Å². The average Bonchev–Trinajstić information content (AvgIpc) is 3.67. The number of pyridine rings is 1. The lowest BCUT2D eigenvalue weighted by molar-refractivity contribution is -0.145. The van der Waals surface area contributed by atoms with Crippen LogP contribution in [-0.4, -0.2) is 82.7 Å². The summed E-state index contributed by atoms with van der Waals surface area (Å²) in [6, 6.07) is -1.45. The number of rotatable bonds is 13. The van der Waals surface area contributed by atoms with Gasteiger partial charge in [0, 0.05) is 25.1 Å². The molecular weight excluding hydrogens is 664 g/mol. The second kappa shape index (κ2) is 15.7. The van der Waals surface area contributed by atoms with Gasteiger partial charge in [-0.3, -0.25) is 34.3 Å². The van der Waals surface area contributed by atoms with Crippen LogP contribution in [0.25, 0.3) is 5.70 Å². The summed E-state index contributed by atoms with van der Waals surface area (Å²) in [5, 5.41) is 8.89. The van der Waals surface area contributed by atoms with Crippen molar-refractivity contribution in [3.05, 3.63) is 28.9 Å². The van der Waals surface area contributed by atoms with Crippen LogP contribution in [0.3, 0.4) is 0 Å². The smallest absolute Gasteiger partial charge is 0.289 e. The zero-order valence-electron chi connectivity index (χ0n) is 29.7. The number of carbonyl (C=O) groups excluding carboxylic acids is 5. The van der Waals surface area contributed by atoms with Gasteiger partial charge in [-0.05, 0) is 55.6 Å². The van der Waals surface area contributed by atoms with Gasteiger partial charge >= 0.3 is 0 Å². The normalized spacial score (nSPS) is 23.4. The Hall–Kier alpha value is -3.71. The summed E-state index contributed by atoms with van der Waals surface area (Å²) in [7, 11) is 1.48. The van der Waals surface area contributed by atoms with Gasteiger partial charge in [-0.2, -0.15) is 0 Å². The van der Waals surface area contributed by atoms with Crippen molar-refractivity contribution in [2.75, 3.05) is 13.7 Å². The number of nitrogens with zero attached hydrogens (tertiary/aromatic N) is 2. The van der Waals surface area contributed by atoms with Crippen molar-refractivity contribution in [3.8, 4) is 5.88 Å². The molecule has 1 aromatic heterocycles. The predicted molar refractivity (Wildman–Crippen MR) is 186 cm³/mol. The number of methoxy groups -OCH3 is 1. The molecule has 0 radical (unpaired) electrons. The van der Waals surface area contributed by atoms with Gasteiger partial charge in [0.15, 0.2) is 0 Å².